The fraction of sp³-hybridized carbons (Fsp3) is 0.455. The lowest BCUT2D eigenvalue weighted by Gasteiger charge is -2.18. The maximum absolute atomic E-state index is 11.3. The zero-order valence-corrected chi connectivity index (χ0v) is 10.7. The molecule has 0 aliphatic rings. The first-order valence-corrected chi connectivity index (χ1v) is 5.83. The highest BCUT2D eigenvalue weighted by atomic mass is 32.1. The van der Waals surface area contributed by atoms with E-state index in [1.807, 2.05) is 45.2 Å². The quantitative estimate of drug-likeness (QED) is 0.638. The Morgan fingerprint density at radius 2 is 2.19 bits per heavy atom. The molecule has 88 valence electrons. The maximum atomic E-state index is 11.3. The van der Waals surface area contributed by atoms with Gasteiger partial charge in [0.1, 0.15) is 5.60 Å². The van der Waals surface area contributed by atoms with E-state index >= 15 is 0 Å². The van der Waals surface area contributed by atoms with Gasteiger partial charge >= 0.3 is 6.09 Å². The summed E-state index contributed by atoms with van der Waals surface area (Å²) in [4.78, 5) is 12.3. The molecule has 0 spiro atoms. The van der Waals surface area contributed by atoms with Crippen molar-refractivity contribution in [3.8, 4) is 0 Å². The van der Waals surface area contributed by atoms with Crippen LogP contribution < -0.4 is 5.43 Å². The van der Waals surface area contributed by atoms with Crippen LogP contribution >= 0.6 is 11.3 Å². The van der Waals surface area contributed by atoms with Gasteiger partial charge in [0, 0.05) is 4.88 Å². The summed E-state index contributed by atoms with van der Waals surface area (Å²) in [6, 6.07) is 3.88. The number of carbonyl (C=O) groups excluding carboxylic acids is 1. The Labute approximate surface area is 99.3 Å². The van der Waals surface area contributed by atoms with Crippen molar-refractivity contribution in [2.45, 2.75) is 33.3 Å². The average molecular weight is 240 g/mol. The highest BCUT2D eigenvalue weighted by Gasteiger charge is 2.15. The van der Waals surface area contributed by atoms with Crippen LogP contribution in [0.2, 0.25) is 0 Å². The van der Waals surface area contributed by atoms with Gasteiger partial charge in [-0.25, -0.2) is 10.2 Å². The molecule has 1 N–H and O–H groups in total. The Morgan fingerprint density at radius 3 is 2.69 bits per heavy atom. The van der Waals surface area contributed by atoms with Crippen LogP contribution in [-0.4, -0.2) is 17.4 Å². The van der Waals surface area contributed by atoms with Crippen molar-refractivity contribution >= 4 is 23.1 Å². The predicted octanol–water partition coefficient (Wildman–Crippen LogP) is 3.00. The Balaban J connectivity index is 2.51. The van der Waals surface area contributed by atoms with Gasteiger partial charge in [-0.15, -0.1) is 11.3 Å². The summed E-state index contributed by atoms with van der Waals surface area (Å²) in [6.07, 6.45) is -0.539. The molecule has 0 unspecified atom stereocenters. The third-order valence-electron chi connectivity index (χ3n) is 1.59. The average Bonchev–Trinajstić information content (AvgIpc) is 2.64. The van der Waals surface area contributed by atoms with E-state index in [9.17, 15) is 4.79 Å². The Hall–Kier alpha value is -1.36. The van der Waals surface area contributed by atoms with Gasteiger partial charge in [-0.3, -0.25) is 0 Å². The number of hydrogen-bond acceptors (Lipinski definition) is 4. The van der Waals surface area contributed by atoms with Crippen LogP contribution in [0.5, 0.6) is 0 Å². The van der Waals surface area contributed by atoms with Crippen molar-refractivity contribution in [1.29, 1.82) is 0 Å². The second-order valence-electron chi connectivity index (χ2n) is 4.29. The summed E-state index contributed by atoms with van der Waals surface area (Å²) in [6.45, 7) is 7.26. The van der Waals surface area contributed by atoms with Crippen LogP contribution in [0.25, 0.3) is 0 Å². The largest absolute Gasteiger partial charge is 0.443 e. The van der Waals surface area contributed by atoms with Crippen molar-refractivity contribution in [2.75, 3.05) is 0 Å². The van der Waals surface area contributed by atoms with Crippen LogP contribution in [0.1, 0.15) is 32.6 Å². The van der Waals surface area contributed by atoms with Crippen molar-refractivity contribution < 1.29 is 9.53 Å². The van der Waals surface area contributed by atoms with Crippen molar-refractivity contribution in [2.24, 2.45) is 5.10 Å². The molecule has 0 aliphatic carbocycles. The molecule has 0 saturated heterocycles. The molecule has 0 aliphatic heterocycles. The lowest BCUT2D eigenvalue weighted by molar-refractivity contribution is 0.0529. The van der Waals surface area contributed by atoms with Crippen molar-refractivity contribution in [3.05, 3.63) is 22.4 Å². The molecule has 0 bridgehead atoms. The number of thiophene rings is 1. The standard InChI is InChI=1S/C11H16N2O2S/c1-8(9-6-5-7-16-9)12-13-10(14)15-11(2,3)4/h5-7H,1-4H3,(H,13,14). The zero-order valence-electron chi connectivity index (χ0n) is 9.90. The van der Waals surface area contributed by atoms with E-state index < -0.39 is 11.7 Å². The van der Waals surface area contributed by atoms with Gasteiger partial charge in [0.2, 0.25) is 0 Å². The first-order chi connectivity index (χ1) is 7.38. The van der Waals surface area contributed by atoms with E-state index in [1.165, 1.54) is 0 Å². The summed E-state index contributed by atoms with van der Waals surface area (Å²) in [5, 5.41) is 5.91. The minimum atomic E-state index is -0.539. The molecule has 0 aromatic carbocycles. The summed E-state index contributed by atoms with van der Waals surface area (Å²) < 4.78 is 5.05. The number of nitrogens with one attached hydrogen (secondary N) is 1. The Kier molecular flexibility index (Phi) is 4.06. The minimum Gasteiger partial charge on any atom is -0.443 e. The van der Waals surface area contributed by atoms with Gasteiger partial charge in [0.25, 0.3) is 0 Å². The number of rotatable bonds is 2. The first kappa shape index (κ1) is 12.7. The van der Waals surface area contributed by atoms with E-state index in [-0.39, 0.29) is 0 Å². The summed E-state index contributed by atoms with van der Waals surface area (Å²) >= 11 is 1.57. The van der Waals surface area contributed by atoms with Crippen LogP contribution in [0.15, 0.2) is 22.6 Å². The molecule has 1 heterocycles. The number of nitrogens with zero attached hydrogens (tertiary/aromatic N) is 1. The number of carbonyl (C=O) groups is 1. The molecule has 1 amide bonds. The van der Waals surface area contributed by atoms with Gasteiger partial charge < -0.3 is 4.74 Å². The fourth-order valence-electron chi connectivity index (χ4n) is 0.970. The highest BCUT2D eigenvalue weighted by molar-refractivity contribution is 7.12. The summed E-state index contributed by atoms with van der Waals surface area (Å²) in [5.74, 6) is 0. The molecular weight excluding hydrogens is 224 g/mol. The molecular formula is C11H16N2O2S. The molecule has 16 heavy (non-hydrogen) atoms. The number of hydrazone groups is 1. The van der Waals surface area contributed by atoms with E-state index in [1.54, 1.807) is 11.3 Å². The molecule has 5 heteroatoms. The minimum absolute atomic E-state index is 0.504. The van der Waals surface area contributed by atoms with Gasteiger partial charge in [0.15, 0.2) is 0 Å². The lowest BCUT2D eigenvalue weighted by Crippen LogP contribution is -2.30. The van der Waals surface area contributed by atoms with E-state index in [4.69, 9.17) is 4.74 Å². The lowest BCUT2D eigenvalue weighted by atomic mass is 10.2. The SMILES string of the molecule is CC(=NNC(=O)OC(C)(C)C)c1cccs1. The molecule has 1 aromatic heterocycles. The fourth-order valence-corrected chi connectivity index (χ4v) is 1.65. The molecule has 0 radical (unpaired) electrons. The molecule has 4 nitrogen and oxygen atoms in total. The summed E-state index contributed by atoms with van der Waals surface area (Å²) in [7, 11) is 0. The van der Waals surface area contributed by atoms with Crippen molar-refractivity contribution in [3.63, 3.8) is 0 Å². The predicted molar refractivity (Wildman–Crippen MR) is 65.9 cm³/mol. The Morgan fingerprint density at radius 1 is 1.50 bits per heavy atom. The van der Waals surface area contributed by atoms with E-state index in [2.05, 4.69) is 10.5 Å². The summed E-state index contributed by atoms with van der Waals surface area (Å²) in [5.41, 5.74) is 2.62. The first-order valence-electron chi connectivity index (χ1n) is 4.95. The van der Waals surface area contributed by atoms with Crippen LogP contribution in [0.4, 0.5) is 4.79 Å². The highest BCUT2D eigenvalue weighted by Crippen LogP contribution is 2.10. The zero-order chi connectivity index (χ0) is 12.2. The molecule has 1 aromatic rings. The third-order valence-corrected chi connectivity index (χ3v) is 2.57. The van der Waals surface area contributed by atoms with Crippen molar-refractivity contribution in [1.82, 2.24) is 5.43 Å². The maximum Gasteiger partial charge on any atom is 0.428 e. The van der Waals surface area contributed by atoms with Gasteiger partial charge in [-0.05, 0) is 39.1 Å². The second-order valence-corrected chi connectivity index (χ2v) is 5.24. The number of hydrogen-bond donors (Lipinski definition) is 1. The topological polar surface area (TPSA) is 50.7 Å². The van der Waals surface area contributed by atoms with Crippen LogP contribution in [-0.2, 0) is 4.74 Å². The van der Waals surface area contributed by atoms with Gasteiger partial charge in [-0.2, -0.15) is 5.10 Å². The van der Waals surface area contributed by atoms with E-state index in [0.717, 1.165) is 10.6 Å². The van der Waals surface area contributed by atoms with Gasteiger partial charge in [-0.1, -0.05) is 6.07 Å². The molecule has 1 rings (SSSR count). The molecule has 0 fully saturated rings. The van der Waals surface area contributed by atoms with Crippen LogP contribution in [0.3, 0.4) is 0 Å². The Bertz CT molecular complexity index is 377. The number of amides is 1. The monoisotopic (exact) mass is 240 g/mol. The molecule has 0 saturated carbocycles. The second kappa shape index (κ2) is 5.12. The third kappa shape index (κ3) is 4.44. The number of ether oxygens (including phenoxy) is 1. The van der Waals surface area contributed by atoms with Crippen LogP contribution in [0, 0.1) is 0 Å². The van der Waals surface area contributed by atoms with E-state index in [0.29, 0.717) is 0 Å². The normalized spacial score (nSPS) is 12.4. The molecule has 0 atom stereocenters. The van der Waals surface area contributed by atoms with Gasteiger partial charge in [0.05, 0.1) is 5.71 Å². The smallest absolute Gasteiger partial charge is 0.428 e.